The van der Waals surface area contributed by atoms with E-state index in [0.29, 0.717) is 0 Å². The van der Waals surface area contributed by atoms with E-state index in [1.54, 1.807) is 0 Å². The summed E-state index contributed by atoms with van der Waals surface area (Å²) in [5, 5.41) is 175. The van der Waals surface area contributed by atoms with Crippen LogP contribution in [0.25, 0.3) is 0 Å². The summed E-state index contributed by atoms with van der Waals surface area (Å²) < 4.78 is 48.6. The molecule has 5 fully saturated rings. The highest BCUT2D eigenvalue weighted by Crippen LogP contribution is 2.33. The molecule has 0 bridgehead atoms. The van der Waals surface area contributed by atoms with Crippen LogP contribution in [-0.4, -0.2) is 273 Å². The lowest BCUT2D eigenvalue weighted by molar-refractivity contribution is -0.383. The van der Waals surface area contributed by atoms with Crippen LogP contribution in [0.4, 0.5) is 0 Å². The summed E-state index contributed by atoms with van der Waals surface area (Å²) in [4.78, 5) is 0. The van der Waals surface area contributed by atoms with Crippen molar-refractivity contribution in [3.05, 3.63) is 0 Å². The van der Waals surface area contributed by atoms with Gasteiger partial charge in [-0.05, 0) is 0 Å². The second kappa shape index (κ2) is 19.6. The Morgan fingerprint density at radius 1 is 0.304 bits per heavy atom. The molecule has 0 saturated carbocycles. The van der Waals surface area contributed by atoms with Crippen molar-refractivity contribution in [1.29, 1.82) is 0 Å². The fourth-order valence-corrected chi connectivity index (χ4v) is 6.81. The molecular formula is C30H52O26. The van der Waals surface area contributed by atoms with Crippen molar-refractivity contribution in [2.75, 3.05) is 33.0 Å². The molecule has 17 N–H and O–H groups in total. The molecule has 0 amide bonds. The van der Waals surface area contributed by atoms with E-state index in [2.05, 4.69) is 0 Å². The minimum Gasteiger partial charge on any atom is -0.394 e. The summed E-state index contributed by atoms with van der Waals surface area (Å²) in [6.45, 7) is -4.01. The molecule has 5 aliphatic heterocycles. The van der Waals surface area contributed by atoms with Gasteiger partial charge in [0.1, 0.15) is 122 Å². The number of hydrogen-bond acceptors (Lipinski definition) is 26. The molecule has 25 atom stereocenters. The number of aliphatic hydroxyl groups excluding tert-OH is 17. The average molecular weight is 829 g/mol. The molecule has 5 heterocycles. The van der Waals surface area contributed by atoms with Gasteiger partial charge >= 0.3 is 0 Å². The molecule has 5 rings (SSSR count). The van der Waals surface area contributed by atoms with Crippen LogP contribution in [-0.2, 0) is 42.6 Å². The van der Waals surface area contributed by atoms with Crippen molar-refractivity contribution in [2.24, 2.45) is 0 Å². The summed E-state index contributed by atoms with van der Waals surface area (Å²) in [5.41, 5.74) is 0. The van der Waals surface area contributed by atoms with Gasteiger partial charge in [0.2, 0.25) is 0 Å². The van der Waals surface area contributed by atoms with Crippen molar-refractivity contribution in [2.45, 2.75) is 154 Å². The molecule has 26 nitrogen and oxygen atoms in total. The lowest BCUT2D eigenvalue weighted by Gasteiger charge is -2.48. The van der Waals surface area contributed by atoms with Crippen molar-refractivity contribution >= 4 is 0 Å². The average Bonchev–Trinajstić information content (AvgIpc) is 3.18. The predicted octanol–water partition coefficient (Wildman–Crippen LogP) is -11.9. The van der Waals surface area contributed by atoms with Crippen molar-refractivity contribution in [3.8, 4) is 0 Å². The largest absolute Gasteiger partial charge is 0.394 e. The number of aliphatic hydroxyl groups is 17. The maximum atomic E-state index is 11.3. The van der Waals surface area contributed by atoms with Crippen LogP contribution in [0.1, 0.15) is 0 Å². The van der Waals surface area contributed by atoms with E-state index in [4.69, 9.17) is 42.6 Å². The first kappa shape index (κ1) is 46.0. The van der Waals surface area contributed by atoms with E-state index in [1.165, 1.54) is 0 Å². The van der Waals surface area contributed by atoms with Crippen LogP contribution in [0.2, 0.25) is 0 Å². The zero-order valence-corrected chi connectivity index (χ0v) is 29.2. The van der Waals surface area contributed by atoms with E-state index in [-0.39, 0.29) is 0 Å². The number of ether oxygens (including phenoxy) is 9. The van der Waals surface area contributed by atoms with Gasteiger partial charge in [-0.2, -0.15) is 0 Å². The van der Waals surface area contributed by atoms with Gasteiger partial charge in [0.25, 0.3) is 0 Å². The Kier molecular flexibility index (Phi) is 16.1. The molecular weight excluding hydrogens is 776 g/mol. The van der Waals surface area contributed by atoms with Gasteiger partial charge in [0.15, 0.2) is 31.5 Å². The molecule has 0 aromatic rings. The van der Waals surface area contributed by atoms with Crippen molar-refractivity contribution in [3.63, 3.8) is 0 Å². The van der Waals surface area contributed by atoms with E-state index in [9.17, 15) is 86.8 Å². The van der Waals surface area contributed by atoms with Gasteiger partial charge in [0.05, 0.1) is 33.0 Å². The molecule has 56 heavy (non-hydrogen) atoms. The first-order valence-corrected chi connectivity index (χ1v) is 17.6. The first-order valence-electron chi connectivity index (χ1n) is 17.6. The third-order valence-electron chi connectivity index (χ3n) is 10.3. The molecule has 0 spiro atoms. The quantitative estimate of drug-likeness (QED) is 0.0819. The van der Waals surface area contributed by atoms with Crippen LogP contribution in [0, 0.1) is 0 Å². The molecule has 0 radical (unpaired) electrons. The van der Waals surface area contributed by atoms with Gasteiger partial charge in [-0.15, -0.1) is 0 Å². The fourth-order valence-electron chi connectivity index (χ4n) is 6.81. The lowest BCUT2D eigenvalue weighted by Crippen LogP contribution is -2.67. The molecule has 5 aliphatic rings. The monoisotopic (exact) mass is 828 g/mol. The molecule has 328 valence electrons. The topological polar surface area (TPSA) is 427 Å². The zero-order chi connectivity index (χ0) is 41.3. The highest BCUT2D eigenvalue weighted by molar-refractivity contribution is 4.97. The summed E-state index contributed by atoms with van der Waals surface area (Å²) in [6, 6.07) is 0. The standard InChI is InChI=1S/C30H52O26/c31-1-6-11(34)16(39)19(42)27(51-6)48-4-9-13(36)18(41)21(44)29(54-9)56-25-14(37)8(3-33)53-30(23(25)46)55-24-15(38)10(50-26(47)22(24)45)5-49-28-20(43)17(40)12(35)7(2-32)52-28/h6-47H,1-5H2/t6-,7-,8-,9-,10-,11-,12-,13-,14-,15-,16+,17+,18+,19-,20-,21-,22-,23-,24+,25+,26-,27-,28-,29+,30+/m1/s1. The van der Waals surface area contributed by atoms with E-state index >= 15 is 0 Å². The van der Waals surface area contributed by atoms with Gasteiger partial charge < -0.3 is 129 Å². The second-order valence-electron chi connectivity index (χ2n) is 14.0. The highest BCUT2D eigenvalue weighted by atomic mass is 16.8. The lowest BCUT2D eigenvalue weighted by atomic mass is 9.96. The van der Waals surface area contributed by atoms with Crippen LogP contribution in [0.3, 0.4) is 0 Å². The van der Waals surface area contributed by atoms with Gasteiger partial charge in [0, 0.05) is 0 Å². The van der Waals surface area contributed by atoms with E-state index in [1.807, 2.05) is 0 Å². The normalized spacial score (nSPS) is 53.2. The molecule has 0 aliphatic carbocycles. The zero-order valence-electron chi connectivity index (χ0n) is 29.2. The Morgan fingerprint density at radius 2 is 0.625 bits per heavy atom. The minimum atomic E-state index is -2.14. The number of rotatable bonds is 13. The molecule has 0 unspecified atom stereocenters. The van der Waals surface area contributed by atoms with Gasteiger partial charge in [-0.3, -0.25) is 0 Å². The Labute approximate surface area is 316 Å². The molecule has 0 aromatic carbocycles. The van der Waals surface area contributed by atoms with Crippen LogP contribution in [0.15, 0.2) is 0 Å². The Bertz CT molecular complexity index is 1200. The summed E-state index contributed by atoms with van der Waals surface area (Å²) in [6.07, 6.45) is -45.8. The minimum absolute atomic E-state index is 0.738. The first-order chi connectivity index (χ1) is 26.4. The SMILES string of the molecule is OC[C@H]1O[C@@H](OC[C@H]2O[C@@H](O[C@@H]3[C@@H](O)[C@H](O[C@@H]4[C@@H](O)[C@H](O)O[C@H](CO[C@@H]5O[C@H](CO)[C@@H](O)[C@H](O)[C@H]5O)[C@H]4O)O[C@H](CO)[C@H]3O)[C@H](O)[C@@H](O)[C@@H]2O)[C@H](O)[C@@H](O)[C@@H]1O. The smallest absolute Gasteiger partial charge is 0.187 e. The van der Waals surface area contributed by atoms with Crippen LogP contribution >= 0.6 is 0 Å². The van der Waals surface area contributed by atoms with Crippen LogP contribution in [0.5, 0.6) is 0 Å². The van der Waals surface area contributed by atoms with Gasteiger partial charge in [-0.1, -0.05) is 0 Å². The molecule has 26 heteroatoms. The number of hydrogen-bond donors (Lipinski definition) is 17. The Balaban J connectivity index is 1.25. The van der Waals surface area contributed by atoms with Crippen molar-refractivity contribution < 1.29 is 129 Å². The highest BCUT2D eigenvalue weighted by Gasteiger charge is 2.55. The third kappa shape index (κ3) is 9.46. The summed E-state index contributed by atoms with van der Waals surface area (Å²) in [7, 11) is 0. The van der Waals surface area contributed by atoms with E-state index < -0.39 is 187 Å². The maximum absolute atomic E-state index is 11.3. The molecule has 5 saturated heterocycles. The summed E-state index contributed by atoms with van der Waals surface area (Å²) in [5.74, 6) is 0. The summed E-state index contributed by atoms with van der Waals surface area (Å²) >= 11 is 0. The van der Waals surface area contributed by atoms with Crippen molar-refractivity contribution in [1.82, 2.24) is 0 Å². The fraction of sp³-hybridized carbons (Fsp3) is 1.00. The second-order valence-corrected chi connectivity index (χ2v) is 14.0. The Hall–Kier alpha value is -1.04. The Morgan fingerprint density at radius 3 is 1.09 bits per heavy atom. The van der Waals surface area contributed by atoms with Gasteiger partial charge in [-0.25, -0.2) is 0 Å². The molecule has 0 aromatic heterocycles. The predicted molar refractivity (Wildman–Crippen MR) is 167 cm³/mol. The third-order valence-corrected chi connectivity index (χ3v) is 10.3. The van der Waals surface area contributed by atoms with E-state index in [0.717, 1.165) is 0 Å². The van der Waals surface area contributed by atoms with Crippen LogP contribution < -0.4 is 0 Å². The maximum Gasteiger partial charge on any atom is 0.187 e.